The lowest BCUT2D eigenvalue weighted by Gasteiger charge is -2.28. The average Bonchev–Trinajstić information content (AvgIpc) is 3.19. The standard InChI is InChI=1S/C50H102NO7P/c1-6-8-10-12-14-16-18-20-21-22-23-24-25-26-27-28-29-30-32-34-36-38-40-42-45-55-47-49(48-57-59(53,54)56-46-44-51(3,4)5)58-50(52)43-41-39-37-35-33-31-19-17-15-13-11-9-7-2/h49H,6-48H2,1-5H3. The Morgan fingerprint density at radius 2 is 0.780 bits per heavy atom. The van der Waals surface area contributed by atoms with Gasteiger partial charge in [0.2, 0.25) is 0 Å². The summed E-state index contributed by atoms with van der Waals surface area (Å²) in [6, 6.07) is 0. The van der Waals surface area contributed by atoms with Crippen molar-refractivity contribution >= 4 is 13.8 Å². The number of ether oxygens (including phenoxy) is 2. The third kappa shape index (κ3) is 48.4. The van der Waals surface area contributed by atoms with E-state index in [2.05, 4.69) is 13.8 Å². The Labute approximate surface area is 368 Å². The maximum absolute atomic E-state index is 12.7. The van der Waals surface area contributed by atoms with Crippen LogP contribution >= 0.6 is 7.82 Å². The van der Waals surface area contributed by atoms with Gasteiger partial charge < -0.3 is 27.9 Å². The van der Waals surface area contributed by atoms with E-state index in [1.54, 1.807) is 0 Å². The number of nitrogens with zero attached hydrogens (tertiary/aromatic N) is 1. The van der Waals surface area contributed by atoms with E-state index >= 15 is 0 Å². The number of phosphoric acid groups is 1. The number of hydrogen-bond donors (Lipinski definition) is 0. The summed E-state index contributed by atoms with van der Waals surface area (Å²) >= 11 is 0. The van der Waals surface area contributed by atoms with E-state index in [9.17, 15) is 14.3 Å². The highest BCUT2D eigenvalue weighted by molar-refractivity contribution is 7.45. The van der Waals surface area contributed by atoms with E-state index < -0.39 is 13.9 Å². The molecule has 0 aromatic carbocycles. The van der Waals surface area contributed by atoms with Crippen molar-refractivity contribution < 1.29 is 37.3 Å². The highest BCUT2D eigenvalue weighted by Gasteiger charge is 2.20. The molecule has 0 saturated heterocycles. The molecule has 0 heterocycles. The number of hydrogen-bond acceptors (Lipinski definition) is 7. The molecule has 0 N–H and O–H groups in total. The molecule has 0 aliphatic carbocycles. The summed E-state index contributed by atoms with van der Waals surface area (Å²) < 4.78 is 34.7. The molecule has 0 aliphatic rings. The molecule has 0 spiro atoms. The predicted molar refractivity (Wildman–Crippen MR) is 250 cm³/mol. The molecule has 0 aliphatic heterocycles. The van der Waals surface area contributed by atoms with Gasteiger partial charge in [-0.1, -0.05) is 239 Å². The number of carbonyl (C=O) groups excluding carboxylic acids is 1. The molecule has 2 unspecified atom stereocenters. The Morgan fingerprint density at radius 3 is 1.12 bits per heavy atom. The first kappa shape index (κ1) is 58.5. The van der Waals surface area contributed by atoms with Crippen LogP contribution in [0.1, 0.15) is 258 Å². The van der Waals surface area contributed by atoms with E-state index in [0.717, 1.165) is 32.1 Å². The third-order valence-corrected chi connectivity index (χ3v) is 12.6. The summed E-state index contributed by atoms with van der Waals surface area (Å²) in [5.41, 5.74) is 0. The second-order valence-electron chi connectivity index (χ2n) is 18.9. The fourth-order valence-corrected chi connectivity index (χ4v) is 8.40. The number of carbonyl (C=O) groups is 1. The third-order valence-electron chi connectivity index (χ3n) is 11.7. The van der Waals surface area contributed by atoms with Gasteiger partial charge in [-0.15, -0.1) is 0 Å². The summed E-state index contributed by atoms with van der Waals surface area (Å²) in [7, 11) is 1.38. The zero-order chi connectivity index (χ0) is 43.4. The monoisotopic (exact) mass is 860 g/mol. The van der Waals surface area contributed by atoms with Crippen LogP contribution in [0, 0.1) is 0 Å². The molecule has 0 radical (unpaired) electrons. The number of unbranched alkanes of at least 4 members (excludes halogenated alkanes) is 35. The van der Waals surface area contributed by atoms with Crippen LogP contribution in [0.4, 0.5) is 0 Å². The van der Waals surface area contributed by atoms with Crippen LogP contribution in [0.2, 0.25) is 0 Å². The molecule has 59 heavy (non-hydrogen) atoms. The van der Waals surface area contributed by atoms with Crippen molar-refractivity contribution in [1.29, 1.82) is 0 Å². The van der Waals surface area contributed by atoms with Gasteiger partial charge in [-0.3, -0.25) is 9.36 Å². The number of quaternary nitrogens is 1. The first-order valence-corrected chi connectivity index (χ1v) is 27.2. The lowest BCUT2D eigenvalue weighted by atomic mass is 10.0. The molecular weight excluding hydrogens is 758 g/mol. The maximum Gasteiger partial charge on any atom is 0.306 e. The summed E-state index contributed by atoms with van der Waals surface area (Å²) in [5, 5.41) is 0. The van der Waals surface area contributed by atoms with Crippen LogP contribution in [-0.2, 0) is 27.9 Å². The van der Waals surface area contributed by atoms with E-state index in [1.807, 2.05) is 21.1 Å². The van der Waals surface area contributed by atoms with E-state index in [0.29, 0.717) is 24.1 Å². The van der Waals surface area contributed by atoms with Crippen molar-refractivity contribution in [3.63, 3.8) is 0 Å². The zero-order valence-electron chi connectivity index (χ0n) is 40.2. The molecule has 0 aromatic rings. The Kier molecular flexibility index (Phi) is 43.7. The largest absolute Gasteiger partial charge is 0.756 e. The second kappa shape index (κ2) is 44.1. The van der Waals surface area contributed by atoms with Crippen LogP contribution < -0.4 is 4.89 Å². The van der Waals surface area contributed by atoms with Crippen molar-refractivity contribution in [2.45, 2.75) is 264 Å². The molecule has 0 fully saturated rings. The first-order valence-electron chi connectivity index (χ1n) is 25.8. The topological polar surface area (TPSA) is 94.1 Å². The summed E-state index contributed by atoms with van der Waals surface area (Å²) in [6.45, 7) is 5.48. The lowest BCUT2D eigenvalue weighted by molar-refractivity contribution is -0.870. The van der Waals surface area contributed by atoms with Crippen molar-refractivity contribution in [3.05, 3.63) is 0 Å². The van der Waals surface area contributed by atoms with Crippen LogP contribution in [0.25, 0.3) is 0 Å². The van der Waals surface area contributed by atoms with Crippen LogP contribution in [0.15, 0.2) is 0 Å². The molecule has 0 bridgehead atoms. The van der Waals surface area contributed by atoms with Gasteiger partial charge in [0.1, 0.15) is 19.3 Å². The van der Waals surface area contributed by atoms with Crippen LogP contribution in [0.3, 0.4) is 0 Å². The zero-order valence-corrected chi connectivity index (χ0v) is 41.1. The van der Waals surface area contributed by atoms with Gasteiger partial charge >= 0.3 is 5.97 Å². The molecule has 8 nitrogen and oxygen atoms in total. The molecule has 0 saturated carbocycles. The minimum atomic E-state index is -4.52. The van der Waals surface area contributed by atoms with Crippen LogP contribution in [0.5, 0.6) is 0 Å². The normalized spacial score (nSPS) is 13.5. The average molecular weight is 860 g/mol. The van der Waals surface area contributed by atoms with Gasteiger partial charge in [0.15, 0.2) is 0 Å². The van der Waals surface area contributed by atoms with Gasteiger partial charge in [0, 0.05) is 13.0 Å². The minimum absolute atomic E-state index is 0.0316. The molecule has 2 atom stereocenters. The van der Waals surface area contributed by atoms with Gasteiger partial charge in [-0.2, -0.15) is 0 Å². The Hall–Kier alpha value is -0.500. The fourth-order valence-electron chi connectivity index (χ4n) is 7.67. The summed E-state index contributed by atoms with van der Waals surface area (Å²) in [4.78, 5) is 25.1. The van der Waals surface area contributed by atoms with Crippen molar-refractivity contribution in [3.8, 4) is 0 Å². The molecule has 354 valence electrons. The highest BCUT2D eigenvalue weighted by Crippen LogP contribution is 2.38. The number of likely N-dealkylation sites (N-methyl/N-ethyl adjacent to an activating group) is 1. The lowest BCUT2D eigenvalue weighted by Crippen LogP contribution is -2.37. The maximum atomic E-state index is 12.7. The van der Waals surface area contributed by atoms with E-state index in [1.165, 1.54) is 205 Å². The fraction of sp³-hybridized carbons (Fsp3) is 0.980. The van der Waals surface area contributed by atoms with Gasteiger partial charge in [-0.25, -0.2) is 0 Å². The minimum Gasteiger partial charge on any atom is -0.756 e. The molecular formula is C50H102NO7P. The molecule has 0 amide bonds. The first-order chi connectivity index (χ1) is 28.6. The smallest absolute Gasteiger partial charge is 0.306 e. The highest BCUT2D eigenvalue weighted by atomic mass is 31.2. The van der Waals surface area contributed by atoms with Crippen molar-refractivity contribution in [1.82, 2.24) is 0 Å². The molecule has 0 aromatic heterocycles. The second-order valence-corrected chi connectivity index (χ2v) is 20.3. The quantitative estimate of drug-likeness (QED) is 0.0260. The Bertz CT molecular complexity index is 914. The Balaban J connectivity index is 4.00. The number of rotatable bonds is 49. The molecule has 0 rings (SSSR count). The van der Waals surface area contributed by atoms with Gasteiger partial charge in [-0.05, 0) is 12.8 Å². The predicted octanol–water partition coefficient (Wildman–Crippen LogP) is 15.0. The summed E-state index contributed by atoms with van der Waals surface area (Å²) in [6.07, 6.45) is 48.5. The number of phosphoric ester groups is 1. The SMILES string of the molecule is CCCCCCCCCCCCCCCCCCCCCCCCCCOCC(COP(=O)([O-])OCC[N+](C)(C)C)OC(=O)CCCCCCCCCCCCCCC. The van der Waals surface area contributed by atoms with Crippen LogP contribution in [-0.4, -0.2) is 70.7 Å². The van der Waals surface area contributed by atoms with Gasteiger partial charge in [0.05, 0.1) is 34.4 Å². The molecule has 9 heteroatoms. The van der Waals surface area contributed by atoms with E-state index in [4.69, 9.17) is 18.5 Å². The van der Waals surface area contributed by atoms with E-state index in [-0.39, 0.29) is 25.8 Å². The van der Waals surface area contributed by atoms with Gasteiger partial charge in [0.25, 0.3) is 7.82 Å². The Morgan fingerprint density at radius 1 is 0.458 bits per heavy atom. The summed E-state index contributed by atoms with van der Waals surface area (Å²) in [5.74, 6) is -0.327. The number of esters is 1. The van der Waals surface area contributed by atoms with Crippen molar-refractivity contribution in [2.75, 3.05) is 54.1 Å². The van der Waals surface area contributed by atoms with Crippen molar-refractivity contribution in [2.24, 2.45) is 0 Å².